The second kappa shape index (κ2) is 5.07. The van der Waals surface area contributed by atoms with Gasteiger partial charge in [0.15, 0.2) is 5.82 Å². The molecule has 0 aliphatic rings. The maximum atomic E-state index is 5.95. The van der Waals surface area contributed by atoms with E-state index in [2.05, 4.69) is 10.1 Å². The lowest BCUT2D eigenvalue weighted by Crippen LogP contribution is -2.17. The smallest absolute Gasteiger partial charge is 0.150 e. The number of methoxy groups -OCH3 is 1. The summed E-state index contributed by atoms with van der Waals surface area (Å²) in [4.78, 5) is 4.35. The van der Waals surface area contributed by atoms with Crippen LogP contribution in [0.15, 0.2) is 0 Å². The van der Waals surface area contributed by atoms with Crippen molar-refractivity contribution >= 4 is 0 Å². The number of rotatable bonds is 5. The predicted molar refractivity (Wildman–Crippen MR) is 53.8 cm³/mol. The van der Waals surface area contributed by atoms with Gasteiger partial charge in [-0.1, -0.05) is 6.92 Å². The molecule has 1 rings (SSSR count). The second-order valence-electron chi connectivity index (χ2n) is 3.25. The molecule has 14 heavy (non-hydrogen) atoms. The Morgan fingerprint density at radius 3 is 2.79 bits per heavy atom. The lowest BCUT2D eigenvalue weighted by atomic mass is 10.2. The Labute approximate surface area is 84.3 Å². The molecule has 0 spiro atoms. The average molecular weight is 198 g/mol. The molecule has 1 atom stereocenters. The maximum Gasteiger partial charge on any atom is 0.150 e. The molecule has 0 aliphatic heterocycles. The Bertz CT molecular complexity index is 284. The van der Waals surface area contributed by atoms with Crippen LogP contribution in [-0.4, -0.2) is 28.5 Å². The third kappa shape index (κ3) is 2.52. The first-order valence-corrected chi connectivity index (χ1v) is 4.83. The van der Waals surface area contributed by atoms with Crippen molar-refractivity contribution in [2.75, 3.05) is 13.7 Å². The Balaban J connectivity index is 2.68. The Morgan fingerprint density at radius 1 is 1.57 bits per heavy atom. The SMILES string of the molecule is CCc1nc(C(N)CCOC)n(C)n1. The van der Waals surface area contributed by atoms with Gasteiger partial charge in [-0.3, -0.25) is 4.68 Å². The van der Waals surface area contributed by atoms with Crippen LogP contribution in [0.5, 0.6) is 0 Å². The van der Waals surface area contributed by atoms with E-state index < -0.39 is 0 Å². The summed E-state index contributed by atoms with van der Waals surface area (Å²) in [6, 6.07) is -0.0900. The summed E-state index contributed by atoms with van der Waals surface area (Å²) >= 11 is 0. The normalized spacial score (nSPS) is 13.1. The summed E-state index contributed by atoms with van der Waals surface area (Å²) < 4.78 is 6.72. The van der Waals surface area contributed by atoms with Gasteiger partial charge in [-0.05, 0) is 6.42 Å². The van der Waals surface area contributed by atoms with Crippen molar-refractivity contribution in [2.24, 2.45) is 12.8 Å². The molecule has 0 fully saturated rings. The molecule has 1 aromatic heterocycles. The zero-order chi connectivity index (χ0) is 10.6. The first kappa shape index (κ1) is 11.1. The van der Waals surface area contributed by atoms with E-state index in [4.69, 9.17) is 10.5 Å². The average Bonchev–Trinajstić information content (AvgIpc) is 2.56. The molecule has 5 heteroatoms. The van der Waals surface area contributed by atoms with E-state index in [1.807, 2.05) is 14.0 Å². The zero-order valence-electron chi connectivity index (χ0n) is 9.03. The van der Waals surface area contributed by atoms with Gasteiger partial charge in [0.25, 0.3) is 0 Å². The number of hydrogen-bond donors (Lipinski definition) is 1. The van der Waals surface area contributed by atoms with Gasteiger partial charge in [-0.15, -0.1) is 0 Å². The molecule has 1 aromatic rings. The Kier molecular flexibility index (Phi) is 4.03. The van der Waals surface area contributed by atoms with Crippen molar-refractivity contribution in [3.63, 3.8) is 0 Å². The third-order valence-electron chi connectivity index (χ3n) is 2.12. The highest BCUT2D eigenvalue weighted by molar-refractivity contribution is 4.97. The van der Waals surface area contributed by atoms with Crippen LogP contribution >= 0.6 is 0 Å². The number of aryl methyl sites for hydroxylation is 2. The van der Waals surface area contributed by atoms with Crippen molar-refractivity contribution < 1.29 is 4.74 Å². The first-order chi connectivity index (χ1) is 6.69. The molecule has 5 nitrogen and oxygen atoms in total. The Hall–Kier alpha value is -0.940. The minimum Gasteiger partial charge on any atom is -0.385 e. The largest absolute Gasteiger partial charge is 0.385 e. The fourth-order valence-corrected chi connectivity index (χ4v) is 1.30. The van der Waals surface area contributed by atoms with Crippen molar-refractivity contribution in [2.45, 2.75) is 25.8 Å². The van der Waals surface area contributed by atoms with Crippen molar-refractivity contribution in [3.8, 4) is 0 Å². The molecule has 0 radical (unpaired) electrons. The fourth-order valence-electron chi connectivity index (χ4n) is 1.30. The summed E-state index contributed by atoms with van der Waals surface area (Å²) in [6.45, 7) is 2.68. The summed E-state index contributed by atoms with van der Waals surface area (Å²) in [5.41, 5.74) is 5.95. The van der Waals surface area contributed by atoms with Crippen LogP contribution < -0.4 is 5.73 Å². The zero-order valence-corrected chi connectivity index (χ0v) is 9.03. The molecule has 0 aromatic carbocycles. The molecule has 0 saturated carbocycles. The third-order valence-corrected chi connectivity index (χ3v) is 2.12. The summed E-state index contributed by atoms with van der Waals surface area (Å²) in [6.07, 6.45) is 1.61. The van der Waals surface area contributed by atoms with E-state index in [0.717, 1.165) is 24.5 Å². The summed E-state index contributed by atoms with van der Waals surface area (Å²) in [5.74, 6) is 1.68. The van der Waals surface area contributed by atoms with E-state index in [1.165, 1.54) is 0 Å². The second-order valence-corrected chi connectivity index (χ2v) is 3.25. The van der Waals surface area contributed by atoms with Crippen LogP contribution in [0.3, 0.4) is 0 Å². The minimum absolute atomic E-state index is 0.0900. The molecular formula is C9H18N4O. The molecule has 2 N–H and O–H groups in total. The lowest BCUT2D eigenvalue weighted by Gasteiger charge is -2.08. The minimum atomic E-state index is -0.0900. The summed E-state index contributed by atoms with van der Waals surface area (Å²) in [5, 5.41) is 4.24. The number of ether oxygens (including phenoxy) is 1. The highest BCUT2D eigenvalue weighted by atomic mass is 16.5. The Morgan fingerprint density at radius 2 is 2.29 bits per heavy atom. The number of hydrogen-bond acceptors (Lipinski definition) is 4. The molecule has 1 heterocycles. The number of nitrogens with two attached hydrogens (primary N) is 1. The quantitative estimate of drug-likeness (QED) is 0.744. The lowest BCUT2D eigenvalue weighted by molar-refractivity contribution is 0.186. The van der Waals surface area contributed by atoms with Crippen LogP contribution in [0, 0.1) is 0 Å². The highest BCUT2D eigenvalue weighted by Gasteiger charge is 2.13. The molecule has 1 unspecified atom stereocenters. The van der Waals surface area contributed by atoms with Gasteiger partial charge >= 0.3 is 0 Å². The van der Waals surface area contributed by atoms with Gasteiger partial charge in [0.05, 0.1) is 6.04 Å². The molecular weight excluding hydrogens is 180 g/mol. The van der Waals surface area contributed by atoms with E-state index in [9.17, 15) is 0 Å². The maximum absolute atomic E-state index is 5.95. The van der Waals surface area contributed by atoms with Crippen LogP contribution in [-0.2, 0) is 18.2 Å². The van der Waals surface area contributed by atoms with Crippen molar-refractivity contribution in [1.82, 2.24) is 14.8 Å². The monoisotopic (exact) mass is 198 g/mol. The van der Waals surface area contributed by atoms with Gasteiger partial charge in [0.2, 0.25) is 0 Å². The first-order valence-electron chi connectivity index (χ1n) is 4.83. The van der Waals surface area contributed by atoms with E-state index in [1.54, 1.807) is 11.8 Å². The highest BCUT2D eigenvalue weighted by Crippen LogP contribution is 2.11. The molecule has 0 bridgehead atoms. The van der Waals surface area contributed by atoms with Gasteiger partial charge in [0, 0.05) is 27.2 Å². The van der Waals surface area contributed by atoms with E-state index in [-0.39, 0.29) is 6.04 Å². The molecule has 80 valence electrons. The van der Waals surface area contributed by atoms with Gasteiger partial charge in [-0.25, -0.2) is 4.98 Å². The van der Waals surface area contributed by atoms with Crippen LogP contribution in [0.1, 0.15) is 31.0 Å². The van der Waals surface area contributed by atoms with E-state index >= 15 is 0 Å². The predicted octanol–water partition coefficient (Wildman–Crippen LogP) is 0.414. The molecule has 0 aliphatic carbocycles. The van der Waals surface area contributed by atoms with E-state index in [0.29, 0.717) is 6.61 Å². The van der Waals surface area contributed by atoms with Crippen molar-refractivity contribution in [1.29, 1.82) is 0 Å². The van der Waals surface area contributed by atoms with Gasteiger partial charge in [0.1, 0.15) is 5.82 Å². The van der Waals surface area contributed by atoms with Crippen molar-refractivity contribution in [3.05, 3.63) is 11.6 Å². The number of nitrogens with zero attached hydrogens (tertiary/aromatic N) is 3. The van der Waals surface area contributed by atoms with Gasteiger partial charge < -0.3 is 10.5 Å². The standard InChI is InChI=1S/C9H18N4O/c1-4-8-11-9(13(2)12-8)7(10)5-6-14-3/h7H,4-6,10H2,1-3H3. The number of aromatic nitrogens is 3. The van der Waals surface area contributed by atoms with Gasteiger partial charge in [-0.2, -0.15) is 5.10 Å². The summed E-state index contributed by atoms with van der Waals surface area (Å²) in [7, 11) is 3.54. The van der Waals surface area contributed by atoms with Crippen LogP contribution in [0.25, 0.3) is 0 Å². The fraction of sp³-hybridized carbons (Fsp3) is 0.778. The van der Waals surface area contributed by atoms with Crippen LogP contribution in [0.2, 0.25) is 0 Å². The topological polar surface area (TPSA) is 66.0 Å². The molecule has 0 saturated heterocycles. The van der Waals surface area contributed by atoms with Crippen LogP contribution in [0.4, 0.5) is 0 Å². The molecule has 0 amide bonds.